The van der Waals surface area contributed by atoms with E-state index in [9.17, 15) is 13.2 Å². The summed E-state index contributed by atoms with van der Waals surface area (Å²) in [5.41, 5.74) is 1.88. The predicted molar refractivity (Wildman–Crippen MR) is 94.1 cm³/mol. The SMILES string of the molecule is NS(=O)(=O)c1ccc(CCN=C2CC(=O)CC(c3ccco3)C2)cc1. The van der Waals surface area contributed by atoms with Crippen molar-refractivity contribution in [1.82, 2.24) is 0 Å². The number of rotatable bonds is 5. The molecule has 1 saturated carbocycles. The Labute approximate surface area is 146 Å². The standard InChI is InChI=1S/C18H20N2O4S/c19-25(22,23)17-5-3-13(4-6-17)7-8-20-15-10-14(11-16(21)12-15)18-2-1-9-24-18/h1-6,9,14H,7-8,10-12H2,(H2,19,22,23). The second-order valence-electron chi connectivity index (χ2n) is 6.22. The highest BCUT2D eigenvalue weighted by Crippen LogP contribution is 2.30. The van der Waals surface area contributed by atoms with E-state index in [0.717, 1.165) is 23.5 Å². The Kier molecular flexibility index (Phi) is 5.15. The van der Waals surface area contributed by atoms with Crippen LogP contribution in [0.4, 0.5) is 0 Å². The molecular formula is C18H20N2O4S. The zero-order valence-electron chi connectivity index (χ0n) is 13.7. The number of primary sulfonamides is 1. The minimum Gasteiger partial charge on any atom is -0.469 e. The number of nitrogens with zero attached hydrogens (tertiary/aromatic N) is 1. The lowest BCUT2D eigenvalue weighted by Crippen LogP contribution is -2.21. The Morgan fingerprint density at radius 3 is 2.56 bits per heavy atom. The molecule has 1 aliphatic carbocycles. The van der Waals surface area contributed by atoms with Crippen LogP contribution in [0, 0.1) is 0 Å². The van der Waals surface area contributed by atoms with Crippen LogP contribution in [-0.2, 0) is 21.2 Å². The summed E-state index contributed by atoms with van der Waals surface area (Å²) in [6.45, 7) is 0.558. The first-order chi connectivity index (χ1) is 11.9. The van der Waals surface area contributed by atoms with Crippen LogP contribution in [-0.4, -0.2) is 26.5 Å². The molecule has 2 aromatic rings. The molecule has 1 unspecified atom stereocenters. The summed E-state index contributed by atoms with van der Waals surface area (Å²) in [5, 5.41) is 5.08. The van der Waals surface area contributed by atoms with Gasteiger partial charge in [0.2, 0.25) is 10.0 Å². The van der Waals surface area contributed by atoms with Crippen molar-refractivity contribution in [2.45, 2.75) is 36.5 Å². The van der Waals surface area contributed by atoms with Crippen LogP contribution < -0.4 is 5.14 Å². The summed E-state index contributed by atoms with van der Waals surface area (Å²) in [6, 6.07) is 10.2. The number of furan rings is 1. The number of sulfonamides is 1. The fourth-order valence-corrected chi connectivity index (χ4v) is 3.55. The number of aliphatic imine (C=N–C) groups is 1. The van der Waals surface area contributed by atoms with E-state index in [0.29, 0.717) is 25.8 Å². The van der Waals surface area contributed by atoms with E-state index in [1.54, 1.807) is 18.4 Å². The molecule has 1 aliphatic rings. The third kappa shape index (κ3) is 4.64. The summed E-state index contributed by atoms with van der Waals surface area (Å²) < 4.78 is 27.9. The summed E-state index contributed by atoms with van der Waals surface area (Å²) in [7, 11) is -3.66. The molecule has 0 saturated heterocycles. The molecule has 1 aromatic carbocycles. The predicted octanol–water partition coefficient (Wildman–Crippen LogP) is 2.45. The Bertz CT molecular complexity index is 868. The van der Waals surface area contributed by atoms with Gasteiger partial charge >= 0.3 is 0 Å². The number of ketones is 1. The maximum atomic E-state index is 12.0. The van der Waals surface area contributed by atoms with Crippen LogP contribution in [0.3, 0.4) is 0 Å². The van der Waals surface area contributed by atoms with Crippen molar-refractivity contribution in [3.63, 3.8) is 0 Å². The van der Waals surface area contributed by atoms with Gasteiger partial charge in [0, 0.05) is 31.0 Å². The maximum Gasteiger partial charge on any atom is 0.238 e. The van der Waals surface area contributed by atoms with Crippen molar-refractivity contribution in [3.05, 3.63) is 54.0 Å². The molecule has 0 amide bonds. The minimum atomic E-state index is -3.66. The fraction of sp³-hybridized carbons (Fsp3) is 0.333. The molecule has 1 atom stereocenters. The lowest BCUT2D eigenvalue weighted by molar-refractivity contribution is -0.118. The minimum absolute atomic E-state index is 0.0732. The van der Waals surface area contributed by atoms with Gasteiger partial charge in [0.25, 0.3) is 0 Å². The molecule has 0 bridgehead atoms. The van der Waals surface area contributed by atoms with E-state index >= 15 is 0 Å². The number of hydrogen-bond donors (Lipinski definition) is 1. The third-order valence-corrected chi connectivity index (χ3v) is 5.22. The smallest absolute Gasteiger partial charge is 0.238 e. The first-order valence-electron chi connectivity index (χ1n) is 8.11. The van der Waals surface area contributed by atoms with Gasteiger partial charge in [-0.15, -0.1) is 0 Å². The van der Waals surface area contributed by atoms with Crippen molar-refractivity contribution in [1.29, 1.82) is 0 Å². The number of nitrogens with two attached hydrogens (primary N) is 1. The van der Waals surface area contributed by atoms with E-state index in [1.807, 2.05) is 12.1 Å². The molecular weight excluding hydrogens is 340 g/mol. The van der Waals surface area contributed by atoms with Crippen LogP contribution in [0.25, 0.3) is 0 Å². The van der Waals surface area contributed by atoms with E-state index in [4.69, 9.17) is 9.56 Å². The van der Waals surface area contributed by atoms with Crippen LogP contribution >= 0.6 is 0 Å². The zero-order valence-corrected chi connectivity index (χ0v) is 14.5. The van der Waals surface area contributed by atoms with Gasteiger partial charge in [-0.2, -0.15) is 0 Å². The van der Waals surface area contributed by atoms with E-state index < -0.39 is 10.0 Å². The Morgan fingerprint density at radius 1 is 1.16 bits per heavy atom. The summed E-state index contributed by atoms with van der Waals surface area (Å²) in [4.78, 5) is 16.6. The molecule has 0 spiro atoms. The van der Waals surface area contributed by atoms with Crippen molar-refractivity contribution in [2.75, 3.05) is 6.54 Å². The first-order valence-corrected chi connectivity index (χ1v) is 9.65. The van der Waals surface area contributed by atoms with Gasteiger partial charge in [-0.25, -0.2) is 13.6 Å². The number of hydrogen-bond acceptors (Lipinski definition) is 5. The van der Waals surface area contributed by atoms with Gasteiger partial charge in [0.05, 0.1) is 11.2 Å². The zero-order chi connectivity index (χ0) is 17.9. The normalized spacial score (nSPS) is 20.1. The van der Waals surface area contributed by atoms with Crippen LogP contribution in [0.1, 0.15) is 36.5 Å². The first kappa shape index (κ1) is 17.6. The van der Waals surface area contributed by atoms with Crippen molar-refractivity contribution < 1.29 is 17.6 Å². The van der Waals surface area contributed by atoms with Crippen molar-refractivity contribution in [3.8, 4) is 0 Å². The molecule has 1 aromatic heterocycles. The highest BCUT2D eigenvalue weighted by atomic mass is 32.2. The Morgan fingerprint density at radius 2 is 1.92 bits per heavy atom. The fourth-order valence-electron chi connectivity index (χ4n) is 3.04. The van der Waals surface area contributed by atoms with Crippen molar-refractivity contribution >= 4 is 21.5 Å². The molecule has 132 valence electrons. The van der Waals surface area contributed by atoms with Crippen LogP contribution in [0.15, 0.2) is 57.0 Å². The molecule has 25 heavy (non-hydrogen) atoms. The molecule has 6 nitrogen and oxygen atoms in total. The lowest BCUT2D eigenvalue weighted by Gasteiger charge is -2.20. The third-order valence-electron chi connectivity index (χ3n) is 4.29. The second-order valence-corrected chi connectivity index (χ2v) is 7.78. The van der Waals surface area contributed by atoms with Gasteiger partial charge < -0.3 is 4.42 Å². The van der Waals surface area contributed by atoms with Gasteiger partial charge in [0.1, 0.15) is 11.5 Å². The van der Waals surface area contributed by atoms with Gasteiger partial charge in [-0.05, 0) is 42.7 Å². The molecule has 0 radical (unpaired) electrons. The van der Waals surface area contributed by atoms with Gasteiger partial charge in [0.15, 0.2) is 0 Å². The molecule has 2 N–H and O–H groups in total. The monoisotopic (exact) mass is 360 g/mol. The van der Waals surface area contributed by atoms with Gasteiger partial charge in [-0.1, -0.05) is 12.1 Å². The topological polar surface area (TPSA) is 103 Å². The number of benzene rings is 1. The summed E-state index contributed by atoms with van der Waals surface area (Å²) in [6.07, 6.45) is 3.94. The molecule has 0 aliphatic heterocycles. The van der Waals surface area contributed by atoms with Crippen molar-refractivity contribution in [2.24, 2.45) is 10.1 Å². The van der Waals surface area contributed by atoms with Gasteiger partial charge in [-0.3, -0.25) is 9.79 Å². The summed E-state index contributed by atoms with van der Waals surface area (Å²) in [5.74, 6) is 1.09. The van der Waals surface area contributed by atoms with Crippen LogP contribution in [0.2, 0.25) is 0 Å². The highest BCUT2D eigenvalue weighted by Gasteiger charge is 2.26. The molecule has 1 fully saturated rings. The summed E-state index contributed by atoms with van der Waals surface area (Å²) >= 11 is 0. The van der Waals surface area contributed by atoms with E-state index in [-0.39, 0.29) is 16.6 Å². The lowest BCUT2D eigenvalue weighted by atomic mass is 9.85. The molecule has 1 heterocycles. The highest BCUT2D eigenvalue weighted by molar-refractivity contribution is 7.89. The van der Waals surface area contributed by atoms with E-state index in [1.165, 1.54) is 12.1 Å². The second kappa shape index (κ2) is 7.33. The Hall–Kier alpha value is -2.25. The van der Waals surface area contributed by atoms with Crippen LogP contribution in [0.5, 0.6) is 0 Å². The van der Waals surface area contributed by atoms with E-state index in [2.05, 4.69) is 4.99 Å². The largest absolute Gasteiger partial charge is 0.469 e. The average Bonchev–Trinajstić information content (AvgIpc) is 3.08. The average molecular weight is 360 g/mol. The number of carbonyl (C=O) groups is 1. The molecule has 7 heteroatoms. The number of carbonyl (C=O) groups excluding carboxylic acids is 1. The maximum absolute atomic E-state index is 12.0. The molecule has 3 rings (SSSR count). The number of Topliss-reactive ketones (excluding diaryl/α,β-unsaturated/α-hetero) is 1. The quantitative estimate of drug-likeness (QED) is 0.884. The Balaban J connectivity index is 1.60.